The Bertz CT molecular complexity index is 1790. The number of benzene rings is 2. The van der Waals surface area contributed by atoms with Crippen molar-refractivity contribution in [1.29, 1.82) is 5.26 Å². The molecule has 1 aliphatic heterocycles. The van der Waals surface area contributed by atoms with Crippen LogP contribution in [0.3, 0.4) is 0 Å². The molecule has 2 aromatic heterocycles. The Labute approximate surface area is 249 Å². The molecule has 5 rings (SSSR count). The topological polar surface area (TPSA) is 167 Å². The Morgan fingerprint density at radius 1 is 1.26 bits per heavy atom. The van der Waals surface area contributed by atoms with Gasteiger partial charge in [-0.3, -0.25) is 14.9 Å². The van der Waals surface area contributed by atoms with E-state index < -0.39 is 23.9 Å². The predicted molar refractivity (Wildman–Crippen MR) is 155 cm³/mol. The van der Waals surface area contributed by atoms with E-state index in [0.717, 1.165) is 0 Å². The lowest BCUT2D eigenvalue weighted by Crippen LogP contribution is -2.29. The van der Waals surface area contributed by atoms with Gasteiger partial charge in [0.05, 0.1) is 41.3 Å². The van der Waals surface area contributed by atoms with E-state index in [-0.39, 0.29) is 40.7 Å². The molecule has 1 atom stereocenters. The van der Waals surface area contributed by atoms with E-state index in [9.17, 15) is 24.0 Å². The van der Waals surface area contributed by atoms with Gasteiger partial charge in [-0.05, 0) is 43.2 Å². The van der Waals surface area contributed by atoms with Gasteiger partial charge in [0.2, 0.25) is 5.91 Å². The minimum Gasteiger partial charge on any atom is -0.453 e. The number of ether oxygens (including phenoxy) is 1. The summed E-state index contributed by atoms with van der Waals surface area (Å²) in [5.74, 6) is -1.17. The molecule has 0 spiro atoms. The van der Waals surface area contributed by atoms with Crippen LogP contribution < -0.4 is 16.0 Å². The Morgan fingerprint density at radius 2 is 2.09 bits per heavy atom. The fourth-order valence-corrected chi connectivity index (χ4v) is 4.61. The zero-order valence-corrected chi connectivity index (χ0v) is 23.4. The molecule has 0 saturated carbocycles. The summed E-state index contributed by atoms with van der Waals surface area (Å²) in [6.45, 7) is 0. The van der Waals surface area contributed by atoms with Crippen LogP contribution >= 0.6 is 11.6 Å². The van der Waals surface area contributed by atoms with E-state index in [4.69, 9.17) is 11.6 Å². The number of nitrogens with zero attached hydrogens (tertiary/aromatic N) is 4. The minimum atomic E-state index is -0.705. The van der Waals surface area contributed by atoms with Gasteiger partial charge >= 0.3 is 6.09 Å². The molecule has 43 heavy (non-hydrogen) atoms. The van der Waals surface area contributed by atoms with Gasteiger partial charge < -0.3 is 20.4 Å². The fraction of sp³-hybridized carbons (Fsp3) is 0.172. The largest absolute Gasteiger partial charge is 0.453 e. The zero-order valence-electron chi connectivity index (χ0n) is 22.6. The molecule has 12 nitrogen and oxygen atoms in total. The number of methoxy groups -OCH3 is 1. The van der Waals surface area contributed by atoms with Gasteiger partial charge in [-0.1, -0.05) is 29.8 Å². The average Bonchev–Trinajstić information content (AvgIpc) is 3.66. The molecule has 14 heteroatoms. The van der Waals surface area contributed by atoms with E-state index >= 15 is 0 Å². The first kappa shape index (κ1) is 29.0. The van der Waals surface area contributed by atoms with Crippen molar-refractivity contribution in [3.8, 4) is 23.0 Å². The second-order valence-electron chi connectivity index (χ2n) is 9.40. The Kier molecular flexibility index (Phi) is 8.49. The highest BCUT2D eigenvalue weighted by Crippen LogP contribution is 2.34. The highest BCUT2D eigenvalue weighted by molar-refractivity contribution is 6.30. The summed E-state index contributed by atoms with van der Waals surface area (Å²) >= 11 is 5.89. The van der Waals surface area contributed by atoms with E-state index in [1.807, 2.05) is 6.08 Å². The number of hydrogen-bond donors (Lipinski definition) is 4. The van der Waals surface area contributed by atoms with Crippen molar-refractivity contribution in [2.75, 3.05) is 17.7 Å². The molecule has 0 fully saturated rings. The number of nitrogens with one attached hydrogen (secondary N) is 4. The predicted octanol–water partition coefficient (Wildman–Crippen LogP) is 5.25. The standard InChI is InChI=1S/C29H24ClFN8O4/c1-43-29(42)34-17-10-11-18-21(12-17)35-24(40)9-4-2-3-7-20(27-36-22(13-32)26(18)38-27)37-28(41)16-14-33-39(15-16)23-8-5-6-19(30)25(23)31/h2-3,5-6,8,10-12,14-15,20H,4,7,9H2,1H3,(H,34,42)(H,35,40)(H,36,38)(H,37,41)/b3-2+/t20-/m0/s1. The van der Waals surface area contributed by atoms with Crippen LogP contribution in [0.5, 0.6) is 0 Å². The number of carbonyl (C=O) groups is 3. The average molecular weight is 603 g/mol. The first-order chi connectivity index (χ1) is 20.8. The number of aromatic amines is 1. The van der Waals surface area contributed by atoms with E-state index in [1.165, 1.54) is 36.3 Å². The summed E-state index contributed by atoms with van der Waals surface area (Å²) in [5.41, 5.74) is 1.71. The summed E-state index contributed by atoms with van der Waals surface area (Å²) in [6.07, 6.45) is 6.48. The van der Waals surface area contributed by atoms with Crippen molar-refractivity contribution < 1.29 is 23.5 Å². The van der Waals surface area contributed by atoms with Crippen LogP contribution in [0.2, 0.25) is 5.02 Å². The third kappa shape index (κ3) is 6.39. The van der Waals surface area contributed by atoms with Crippen molar-refractivity contribution in [1.82, 2.24) is 25.1 Å². The molecule has 2 aromatic carbocycles. The van der Waals surface area contributed by atoms with Crippen LogP contribution in [-0.2, 0) is 9.53 Å². The van der Waals surface area contributed by atoms with Gasteiger partial charge in [-0.25, -0.2) is 18.9 Å². The summed E-state index contributed by atoms with van der Waals surface area (Å²) in [4.78, 5) is 45.3. The molecule has 3 amide bonds. The first-order valence-corrected chi connectivity index (χ1v) is 13.4. The zero-order chi connectivity index (χ0) is 30.5. The number of aromatic nitrogens is 4. The van der Waals surface area contributed by atoms with E-state index in [1.54, 1.807) is 30.3 Å². The maximum absolute atomic E-state index is 14.5. The maximum Gasteiger partial charge on any atom is 0.411 e. The van der Waals surface area contributed by atoms with Gasteiger partial charge in [0.25, 0.3) is 5.91 Å². The molecule has 0 aliphatic carbocycles. The van der Waals surface area contributed by atoms with Gasteiger partial charge in [-0.15, -0.1) is 0 Å². The molecular weight excluding hydrogens is 579 g/mol. The number of allylic oxidation sites excluding steroid dienone is 1. The van der Waals surface area contributed by atoms with Crippen molar-refractivity contribution in [3.63, 3.8) is 0 Å². The molecular formula is C29H24ClFN8O4. The highest BCUT2D eigenvalue weighted by atomic mass is 35.5. The Morgan fingerprint density at radius 3 is 2.88 bits per heavy atom. The second kappa shape index (κ2) is 12.6. The molecule has 0 unspecified atom stereocenters. The molecule has 4 N–H and O–H groups in total. The first-order valence-electron chi connectivity index (χ1n) is 13.0. The SMILES string of the molecule is COC(=O)Nc1ccc2c(c1)NC(=O)CC/C=C/C[C@H](NC(=O)c1cnn(-c3cccc(Cl)c3F)c1)c1nc(C#N)c-2[nH]1. The molecule has 4 aromatic rings. The number of nitriles is 1. The lowest BCUT2D eigenvalue weighted by Gasteiger charge is -2.15. The van der Waals surface area contributed by atoms with Crippen LogP contribution in [-0.4, -0.2) is 44.8 Å². The number of H-pyrrole nitrogens is 1. The van der Waals surface area contributed by atoms with Gasteiger partial charge in [-0.2, -0.15) is 10.4 Å². The number of hydrogen-bond acceptors (Lipinski definition) is 7. The number of amides is 3. The third-order valence-electron chi connectivity index (χ3n) is 6.56. The number of carbonyl (C=O) groups excluding carboxylic acids is 3. The van der Waals surface area contributed by atoms with Gasteiger partial charge in [0.15, 0.2) is 11.5 Å². The summed E-state index contributed by atoms with van der Waals surface area (Å²) in [6, 6.07) is 10.6. The number of fused-ring (bicyclic) bond motifs is 4. The third-order valence-corrected chi connectivity index (χ3v) is 6.85. The minimum absolute atomic E-state index is 0.0312. The second-order valence-corrected chi connectivity index (χ2v) is 9.81. The van der Waals surface area contributed by atoms with Crippen molar-refractivity contribution >= 4 is 40.9 Å². The summed E-state index contributed by atoms with van der Waals surface area (Å²) < 4.78 is 20.4. The monoisotopic (exact) mass is 602 g/mol. The molecule has 0 saturated heterocycles. The summed E-state index contributed by atoms with van der Waals surface area (Å²) in [7, 11) is 1.23. The fourth-order valence-electron chi connectivity index (χ4n) is 4.44. The smallest absolute Gasteiger partial charge is 0.411 e. The van der Waals surface area contributed by atoms with Crippen LogP contribution in [0.1, 0.15) is 47.2 Å². The van der Waals surface area contributed by atoms with Crippen molar-refractivity contribution in [2.24, 2.45) is 0 Å². The quantitative estimate of drug-likeness (QED) is 0.231. The number of anilines is 2. The van der Waals surface area contributed by atoms with Crippen molar-refractivity contribution in [3.05, 3.63) is 88.9 Å². The van der Waals surface area contributed by atoms with Crippen LogP contribution in [0, 0.1) is 17.1 Å². The van der Waals surface area contributed by atoms with E-state index in [2.05, 4.69) is 41.8 Å². The van der Waals surface area contributed by atoms with Crippen molar-refractivity contribution in [2.45, 2.75) is 25.3 Å². The molecule has 3 heterocycles. The van der Waals surface area contributed by atoms with E-state index in [0.29, 0.717) is 34.9 Å². The molecule has 1 aliphatic rings. The highest BCUT2D eigenvalue weighted by Gasteiger charge is 2.24. The van der Waals surface area contributed by atoms with Gasteiger partial charge in [0.1, 0.15) is 17.6 Å². The number of rotatable bonds is 4. The van der Waals surface area contributed by atoms with Crippen LogP contribution in [0.15, 0.2) is 60.9 Å². The summed E-state index contributed by atoms with van der Waals surface area (Å²) in [5, 5.41) is 22.2. The maximum atomic E-state index is 14.5. The van der Waals surface area contributed by atoms with Crippen LogP contribution in [0.4, 0.5) is 20.6 Å². The molecule has 0 radical (unpaired) electrons. The number of imidazole rings is 1. The molecule has 2 bridgehead atoms. The Balaban J connectivity index is 1.49. The number of halogens is 2. The lowest BCUT2D eigenvalue weighted by atomic mass is 10.1. The Hall–Kier alpha value is -5.48. The molecule has 218 valence electrons. The normalized spacial score (nSPS) is 15.4. The van der Waals surface area contributed by atoms with Gasteiger partial charge in [0, 0.05) is 23.9 Å². The van der Waals surface area contributed by atoms with Crippen LogP contribution in [0.25, 0.3) is 16.9 Å². The lowest BCUT2D eigenvalue weighted by molar-refractivity contribution is -0.116.